The van der Waals surface area contributed by atoms with Crippen LogP contribution in [0.15, 0.2) is 140 Å². The Labute approximate surface area is 265 Å². The number of carbonyl (C=O) groups excluding carboxylic acids is 5. The maximum absolute atomic E-state index is 13.4. The molecule has 0 bridgehead atoms. The lowest BCUT2D eigenvalue weighted by Gasteiger charge is -2.14. The van der Waals surface area contributed by atoms with Gasteiger partial charge in [-0.3, -0.25) is 24.0 Å². The lowest BCUT2D eigenvalue weighted by Crippen LogP contribution is -2.29. The van der Waals surface area contributed by atoms with E-state index in [9.17, 15) is 24.0 Å². The van der Waals surface area contributed by atoms with Crippen molar-refractivity contribution < 1.29 is 24.0 Å². The Hall–Kier alpha value is -6.47. The molecule has 3 amide bonds. The van der Waals surface area contributed by atoms with E-state index in [0.717, 1.165) is 4.90 Å². The van der Waals surface area contributed by atoms with Gasteiger partial charge in [-0.25, -0.2) is 4.90 Å². The SMILES string of the molecule is O=C(/C=C/c1cccc(NC(=O)c2ccc3c(c2)C(=O)N(c2cccc(/C=C/C(=O)c4ccccc4)c2)C3=O)c1)c1ccccc1. The van der Waals surface area contributed by atoms with Crippen LogP contribution >= 0.6 is 0 Å². The van der Waals surface area contributed by atoms with Gasteiger partial charge in [-0.1, -0.05) is 97.1 Å². The standard InChI is InChI=1S/C39H26N2O5/c42-35(28-11-3-1-4-12-28)21-17-26-9-7-15-31(23-26)40-37(44)30-19-20-33-34(25-30)39(46)41(38(33)45)32-16-8-10-27(24-32)18-22-36(43)29-13-5-2-6-14-29/h1-25H,(H,40,44)/b21-17+,22-18+. The summed E-state index contributed by atoms with van der Waals surface area (Å²) in [6.07, 6.45) is 6.22. The third kappa shape index (κ3) is 6.39. The summed E-state index contributed by atoms with van der Waals surface area (Å²) in [5.74, 6) is -1.82. The van der Waals surface area contributed by atoms with E-state index in [1.54, 1.807) is 103 Å². The highest BCUT2D eigenvalue weighted by atomic mass is 16.2. The average Bonchev–Trinajstić information content (AvgIpc) is 3.35. The maximum Gasteiger partial charge on any atom is 0.266 e. The summed E-state index contributed by atoms with van der Waals surface area (Å²) < 4.78 is 0. The molecular weight excluding hydrogens is 576 g/mol. The lowest BCUT2D eigenvalue weighted by molar-refractivity contribution is 0.0923. The number of anilines is 2. The molecule has 7 heteroatoms. The Bertz CT molecular complexity index is 2060. The summed E-state index contributed by atoms with van der Waals surface area (Å²) in [6, 6.07) is 35.9. The van der Waals surface area contributed by atoms with Gasteiger partial charge >= 0.3 is 0 Å². The lowest BCUT2D eigenvalue weighted by atomic mass is 10.0. The van der Waals surface area contributed by atoms with Crippen LogP contribution in [0.5, 0.6) is 0 Å². The minimum Gasteiger partial charge on any atom is -0.322 e. The summed E-state index contributed by atoms with van der Waals surface area (Å²) >= 11 is 0. The summed E-state index contributed by atoms with van der Waals surface area (Å²) in [7, 11) is 0. The fraction of sp³-hybridized carbons (Fsp3) is 0. The number of imide groups is 1. The van der Waals surface area contributed by atoms with Gasteiger partial charge < -0.3 is 5.32 Å². The number of nitrogens with zero attached hydrogens (tertiary/aromatic N) is 1. The normalized spacial score (nSPS) is 12.5. The summed E-state index contributed by atoms with van der Waals surface area (Å²) in [6.45, 7) is 0. The third-order valence-electron chi connectivity index (χ3n) is 7.39. The molecule has 0 unspecified atom stereocenters. The summed E-state index contributed by atoms with van der Waals surface area (Å²) in [4.78, 5) is 65.8. The van der Waals surface area contributed by atoms with Crippen molar-refractivity contribution in [3.63, 3.8) is 0 Å². The Morgan fingerprint density at radius 2 is 1.09 bits per heavy atom. The van der Waals surface area contributed by atoms with Gasteiger partial charge in [-0.05, 0) is 65.7 Å². The van der Waals surface area contributed by atoms with E-state index < -0.39 is 17.7 Å². The van der Waals surface area contributed by atoms with Gasteiger partial charge in [0.05, 0.1) is 16.8 Å². The second-order valence-electron chi connectivity index (χ2n) is 10.5. The highest BCUT2D eigenvalue weighted by Gasteiger charge is 2.37. The van der Waals surface area contributed by atoms with Crippen LogP contribution in [0.1, 0.15) is 62.9 Å². The van der Waals surface area contributed by atoms with Crippen LogP contribution in [-0.2, 0) is 0 Å². The van der Waals surface area contributed by atoms with Crippen LogP contribution < -0.4 is 10.2 Å². The van der Waals surface area contributed by atoms with Crippen molar-refractivity contribution in [2.75, 3.05) is 10.2 Å². The highest BCUT2D eigenvalue weighted by Crippen LogP contribution is 2.30. The van der Waals surface area contributed by atoms with Crippen LogP contribution in [0.25, 0.3) is 12.2 Å². The molecule has 1 heterocycles. The predicted octanol–water partition coefficient (Wildman–Crippen LogP) is 7.53. The first-order valence-corrected chi connectivity index (χ1v) is 14.5. The fourth-order valence-electron chi connectivity index (χ4n) is 5.05. The molecule has 0 saturated heterocycles. The molecule has 0 atom stereocenters. The van der Waals surface area contributed by atoms with Gasteiger partial charge in [0.25, 0.3) is 17.7 Å². The minimum atomic E-state index is -0.550. The Kier molecular flexibility index (Phi) is 8.38. The van der Waals surface area contributed by atoms with Crippen LogP contribution in [-0.4, -0.2) is 29.3 Å². The molecule has 1 aliphatic rings. The van der Waals surface area contributed by atoms with Crippen molar-refractivity contribution in [3.8, 4) is 0 Å². The van der Waals surface area contributed by atoms with Gasteiger partial charge in [0.15, 0.2) is 11.6 Å². The third-order valence-corrected chi connectivity index (χ3v) is 7.39. The van der Waals surface area contributed by atoms with Gasteiger partial charge in [0.2, 0.25) is 0 Å². The number of carbonyl (C=O) groups is 5. The van der Waals surface area contributed by atoms with Crippen molar-refractivity contribution in [1.29, 1.82) is 0 Å². The van der Waals surface area contributed by atoms with E-state index in [1.807, 2.05) is 18.2 Å². The molecule has 222 valence electrons. The largest absolute Gasteiger partial charge is 0.322 e. The van der Waals surface area contributed by atoms with Crippen molar-refractivity contribution in [2.24, 2.45) is 0 Å². The molecule has 0 saturated carbocycles. The zero-order valence-electron chi connectivity index (χ0n) is 24.4. The van der Waals surface area contributed by atoms with Crippen molar-refractivity contribution in [1.82, 2.24) is 0 Å². The van der Waals surface area contributed by atoms with E-state index in [1.165, 1.54) is 30.4 Å². The number of ketones is 2. The smallest absolute Gasteiger partial charge is 0.266 e. The zero-order chi connectivity index (χ0) is 32.0. The second kappa shape index (κ2) is 13.0. The predicted molar refractivity (Wildman–Crippen MR) is 178 cm³/mol. The Morgan fingerprint density at radius 1 is 0.522 bits per heavy atom. The van der Waals surface area contributed by atoms with Crippen LogP contribution in [0.3, 0.4) is 0 Å². The van der Waals surface area contributed by atoms with E-state index in [4.69, 9.17) is 0 Å². The molecule has 1 aliphatic heterocycles. The van der Waals surface area contributed by atoms with Crippen molar-refractivity contribution >= 4 is 52.8 Å². The molecule has 5 aromatic rings. The molecule has 0 spiro atoms. The molecule has 7 nitrogen and oxygen atoms in total. The maximum atomic E-state index is 13.4. The minimum absolute atomic E-state index is 0.119. The highest BCUT2D eigenvalue weighted by molar-refractivity contribution is 6.35. The van der Waals surface area contributed by atoms with E-state index in [2.05, 4.69) is 5.32 Å². The molecule has 1 N–H and O–H groups in total. The molecule has 0 aliphatic carbocycles. The van der Waals surface area contributed by atoms with Crippen molar-refractivity contribution in [2.45, 2.75) is 0 Å². The molecule has 0 aromatic heterocycles. The van der Waals surface area contributed by atoms with E-state index in [-0.39, 0.29) is 28.3 Å². The molecule has 5 aromatic carbocycles. The second-order valence-corrected chi connectivity index (χ2v) is 10.5. The first kappa shape index (κ1) is 29.6. The molecule has 46 heavy (non-hydrogen) atoms. The molecule has 6 rings (SSSR count). The fourth-order valence-corrected chi connectivity index (χ4v) is 5.05. The van der Waals surface area contributed by atoms with Gasteiger partial charge in [-0.15, -0.1) is 0 Å². The number of fused-ring (bicyclic) bond motifs is 1. The number of amides is 3. The number of hydrogen-bond donors (Lipinski definition) is 1. The monoisotopic (exact) mass is 602 g/mol. The number of allylic oxidation sites excluding steroid dienone is 2. The van der Waals surface area contributed by atoms with Crippen LogP contribution in [0, 0.1) is 0 Å². The van der Waals surface area contributed by atoms with Crippen LogP contribution in [0.2, 0.25) is 0 Å². The number of benzene rings is 5. The summed E-state index contributed by atoms with van der Waals surface area (Å²) in [5, 5.41) is 2.82. The van der Waals surface area contributed by atoms with Crippen LogP contribution in [0.4, 0.5) is 11.4 Å². The van der Waals surface area contributed by atoms with E-state index in [0.29, 0.717) is 33.6 Å². The molecular formula is C39H26N2O5. The van der Waals surface area contributed by atoms with Gasteiger partial charge in [0.1, 0.15) is 0 Å². The number of hydrogen-bond acceptors (Lipinski definition) is 5. The van der Waals surface area contributed by atoms with Gasteiger partial charge in [-0.2, -0.15) is 0 Å². The molecule has 0 fully saturated rings. The number of nitrogens with one attached hydrogen (secondary N) is 1. The summed E-state index contributed by atoms with van der Waals surface area (Å²) in [5.41, 5.74) is 3.85. The quantitative estimate of drug-likeness (QED) is 0.107. The molecule has 0 radical (unpaired) electrons. The first-order valence-electron chi connectivity index (χ1n) is 14.5. The zero-order valence-corrected chi connectivity index (χ0v) is 24.4. The Morgan fingerprint density at radius 3 is 1.72 bits per heavy atom. The number of rotatable bonds is 9. The van der Waals surface area contributed by atoms with E-state index >= 15 is 0 Å². The average molecular weight is 603 g/mol. The topological polar surface area (TPSA) is 101 Å². The Balaban J connectivity index is 1.16. The first-order chi connectivity index (χ1) is 22.4. The van der Waals surface area contributed by atoms with Gasteiger partial charge in [0, 0.05) is 22.4 Å². The van der Waals surface area contributed by atoms with Crippen molar-refractivity contribution in [3.05, 3.63) is 178 Å².